The molecule has 6 rings (SSSR count). The van der Waals surface area contributed by atoms with Crippen molar-refractivity contribution in [3.63, 3.8) is 0 Å². The third-order valence-corrected chi connectivity index (χ3v) is 7.60. The van der Waals surface area contributed by atoms with E-state index in [1.54, 1.807) is 0 Å². The van der Waals surface area contributed by atoms with E-state index >= 15 is 0 Å². The van der Waals surface area contributed by atoms with Crippen molar-refractivity contribution >= 4 is 21.5 Å². The molecule has 0 heterocycles. The van der Waals surface area contributed by atoms with E-state index in [1.807, 2.05) is 24.3 Å². The van der Waals surface area contributed by atoms with E-state index in [9.17, 15) is 0 Å². The minimum atomic E-state index is 0.455. The van der Waals surface area contributed by atoms with Crippen LogP contribution in [0.5, 0.6) is 11.5 Å². The van der Waals surface area contributed by atoms with Crippen LogP contribution < -0.4 is 9.47 Å². The van der Waals surface area contributed by atoms with Gasteiger partial charge in [-0.15, -0.1) is 0 Å². The molecule has 6 aromatic carbocycles. The fourth-order valence-electron chi connectivity index (χ4n) is 5.72. The fourth-order valence-corrected chi connectivity index (χ4v) is 5.72. The highest BCUT2D eigenvalue weighted by molar-refractivity contribution is 6.24. The summed E-state index contributed by atoms with van der Waals surface area (Å²) in [4.78, 5) is 0. The van der Waals surface area contributed by atoms with Crippen LogP contribution in [0.3, 0.4) is 0 Å². The zero-order valence-corrected chi connectivity index (χ0v) is 24.6. The van der Waals surface area contributed by atoms with Crippen LogP contribution in [0.1, 0.15) is 0 Å². The predicted molar refractivity (Wildman–Crippen MR) is 181 cm³/mol. The molecule has 0 aliphatic carbocycles. The normalized spacial score (nSPS) is 10.8. The highest BCUT2D eigenvalue weighted by Crippen LogP contribution is 2.47. The molecule has 4 heteroatoms. The van der Waals surface area contributed by atoms with Crippen molar-refractivity contribution in [2.45, 2.75) is 0 Å². The highest BCUT2D eigenvalue weighted by atomic mass is 16.5. The number of rotatable bonds is 13. The van der Waals surface area contributed by atoms with Crippen molar-refractivity contribution in [1.29, 1.82) is 0 Å². The smallest absolute Gasteiger partial charge is 0.122 e. The lowest BCUT2D eigenvalue weighted by molar-refractivity contribution is 0.179. The molecule has 0 aliphatic heterocycles. The minimum Gasteiger partial charge on any atom is -0.498 e. The van der Waals surface area contributed by atoms with Crippen LogP contribution in [0.15, 0.2) is 147 Å². The van der Waals surface area contributed by atoms with E-state index in [4.69, 9.17) is 18.9 Å². The Hall–Kier alpha value is -5.48. The number of hydrogen-bond donors (Lipinski definition) is 0. The molecule has 0 N–H and O–H groups in total. The first kappa shape index (κ1) is 28.6. The van der Waals surface area contributed by atoms with E-state index in [-0.39, 0.29) is 0 Å². The van der Waals surface area contributed by atoms with Gasteiger partial charge in [-0.25, -0.2) is 0 Å². The number of hydrogen-bond acceptors (Lipinski definition) is 4. The van der Waals surface area contributed by atoms with E-state index in [0.717, 1.165) is 22.6 Å². The van der Waals surface area contributed by atoms with Crippen LogP contribution in [0.2, 0.25) is 0 Å². The summed E-state index contributed by atoms with van der Waals surface area (Å²) >= 11 is 0. The largest absolute Gasteiger partial charge is 0.498 e. The van der Waals surface area contributed by atoms with Gasteiger partial charge < -0.3 is 18.9 Å². The highest BCUT2D eigenvalue weighted by Gasteiger charge is 2.19. The Kier molecular flexibility index (Phi) is 8.89. The van der Waals surface area contributed by atoms with E-state index in [2.05, 4.69) is 110 Å². The van der Waals surface area contributed by atoms with Gasteiger partial charge >= 0.3 is 0 Å². The summed E-state index contributed by atoms with van der Waals surface area (Å²) in [5.74, 6) is 1.60. The molecule has 44 heavy (non-hydrogen) atoms. The quantitative estimate of drug-likeness (QED) is 0.0776. The number of fused-ring (bicyclic) bond motifs is 2. The Morgan fingerprint density at radius 2 is 0.932 bits per heavy atom. The molecule has 0 bridgehead atoms. The monoisotopic (exact) mass is 578 g/mol. The third kappa shape index (κ3) is 6.02. The topological polar surface area (TPSA) is 36.9 Å². The Balaban J connectivity index is 1.54. The van der Waals surface area contributed by atoms with Crippen LogP contribution in [-0.2, 0) is 9.47 Å². The summed E-state index contributed by atoms with van der Waals surface area (Å²) in [5.41, 5.74) is 7.01. The maximum absolute atomic E-state index is 5.90. The fraction of sp³-hybridized carbons (Fsp3) is 0.100. The van der Waals surface area contributed by atoms with Gasteiger partial charge in [0, 0.05) is 0 Å². The van der Waals surface area contributed by atoms with E-state index < -0.39 is 0 Å². The van der Waals surface area contributed by atoms with Crippen molar-refractivity contribution in [1.82, 2.24) is 0 Å². The predicted octanol–water partition coefficient (Wildman–Crippen LogP) is 10.1. The summed E-state index contributed by atoms with van der Waals surface area (Å²) in [6, 6.07) is 42.6. The van der Waals surface area contributed by atoms with E-state index in [0.29, 0.717) is 26.4 Å². The second-order valence-corrected chi connectivity index (χ2v) is 10.2. The van der Waals surface area contributed by atoms with Crippen LogP contribution in [0, 0.1) is 0 Å². The van der Waals surface area contributed by atoms with Gasteiger partial charge in [0.25, 0.3) is 0 Å². The molecular weight excluding hydrogens is 544 g/mol. The second kappa shape index (κ2) is 13.7. The lowest BCUT2D eigenvalue weighted by Gasteiger charge is -2.20. The van der Waals surface area contributed by atoms with Crippen molar-refractivity contribution in [2.75, 3.05) is 26.4 Å². The van der Waals surface area contributed by atoms with Crippen LogP contribution >= 0.6 is 0 Å². The summed E-state index contributed by atoms with van der Waals surface area (Å²) in [7, 11) is 0. The third-order valence-electron chi connectivity index (χ3n) is 7.60. The SMILES string of the molecule is C=COCCOc1ccc(-c2c3ccccc3c(-c3ccc(OCCOC=C)cc3)c3c(-c4ccccc4)cccc23)cc1. The van der Waals surface area contributed by atoms with Gasteiger partial charge in [-0.3, -0.25) is 0 Å². The maximum atomic E-state index is 5.90. The molecule has 4 nitrogen and oxygen atoms in total. The lowest BCUT2D eigenvalue weighted by Crippen LogP contribution is -2.03. The summed E-state index contributed by atoms with van der Waals surface area (Å²) in [5, 5.41) is 4.78. The van der Waals surface area contributed by atoms with Gasteiger partial charge in [-0.05, 0) is 79.2 Å². The Bertz CT molecular complexity index is 1870. The average molecular weight is 579 g/mol. The van der Waals surface area contributed by atoms with Gasteiger partial charge in [-0.1, -0.05) is 110 Å². The Morgan fingerprint density at radius 1 is 0.432 bits per heavy atom. The molecule has 0 radical (unpaired) electrons. The van der Waals surface area contributed by atoms with Gasteiger partial charge in [0.05, 0.1) is 12.5 Å². The molecule has 0 unspecified atom stereocenters. The Labute approximate surface area is 258 Å². The summed E-state index contributed by atoms with van der Waals surface area (Å²) < 4.78 is 22.2. The number of benzene rings is 6. The van der Waals surface area contributed by atoms with Gasteiger partial charge in [0.2, 0.25) is 0 Å². The molecule has 0 saturated carbocycles. The molecule has 6 aromatic rings. The molecule has 0 aromatic heterocycles. The van der Waals surface area contributed by atoms with Gasteiger partial charge in [0.1, 0.15) is 37.9 Å². The zero-order valence-electron chi connectivity index (χ0n) is 24.6. The average Bonchev–Trinajstić information content (AvgIpc) is 3.08. The van der Waals surface area contributed by atoms with Gasteiger partial charge in [-0.2, -0.15) is 0 Å². The molecule has 0 saturated heterocycles. The molecule has 0 spiro atoms. The maximum Gasteiger partial charge on any atom is 0.122 e. The summed E-state index contributed by atoms with van der Waals surface area (Å²) in [6.07, 6.45) is 2.86. The lowest BCUT2D eigenvalue weighted by atomic mass is 9.83. The van der Waals surface area contributed by atoms with Crippen LogP contribution in [-0.4, -0.2) is 26.4 Å². The molecule has 0 aliphatic rings. The van der Waals surface area contributed by atoms with Crippen molar-refractivity contribution in [3.8, 4) is 44.9 Å². The van der Waals surface area contributed by atoms with E-state index in [1.165, 1.54) is 56.3 Å². The second-order valence-electron chi connectivity index (χ2n) is 10.2. The standard InChI is InChI=1S/C40H34O4/c1-3-41-25-27-43-32-21-17-30(18-22-32)38-35-13-8-9-14-36(35)39(31-19-23-33(24-20-31)44-28-26-42-4-2)40-34(15-10-16-37(38)40)29-11-6-5-7-12-29/h3-24H,1-2,25-28H2. The van der Waals surface area contributed by atoms with Crippen LogP contribution in [0.25, 0.3) is 54.9 Å². The molecule has 0 fully saturated rings. The van der Waals surface area contributed by atoms with Gasteiger partial charge in [0.15, 0.2) is 0 Å². The van der Waals surface area contributed by atoms with Crippen molar-refractivity contribution in [2.24, 2.45) is 0 Å². The van der Waals surface area contributed by atoms with Crippen molar-refractivity contribution in [3.05, 3.63) is 147 Å². The van der Waals surface area contributed by atoms with Crippen molar-refractivity contribution < 1.29 is 18.9 Å². The summed E-state index contributed by atoms with van der Waals surface area (Å²) in [6.45, 7) is 8.99. The minimum absolute atomic E-state index is 0.455. The molecule has 218 valence electrons. The first-order valence-electron chi connectivity index (χ1n) is 14.7. The first-order chi connectivity index (χ1) is 21.8. The molecule has 0 amide bonds. The Morgan fingerprint density at radius 3 is 1.50 bits per heavy atom. The van der Waals surface area contributed by atoms with Crippen LogP contribution in [0.4, 0.5) is 0 Å². The first-order valence-corrected chi connectivity index (χ1v) is 14.7. The zero-order chi connectivity index (χ0) is 30.1. The molecular formula is C40H34O4. The molecule has 0 atom stereocenters. The number of ether oxygens (including phenoxy) is 4.